The number of hydrogen-bond donors (Lipinski definition) is 1. The van der Waals surface area contributed by atoms with Crippen molar-refractivity contribution >= 4 is 16.6 Å². The Kier molecular flexibility index (Phi) is 5.76. The number of nitrogens with one attached hydrogen (secondary N) is 1. The van der Waals surface area contributed by atoms with E-state index in [4.69, 9.17) is 14.5 Å². The second-order valence-electron chi connectivity index (χ2n) is 7.06. The van der Waals surface area contributed by atoms with Crippen molar-refractivity contribution in [1.29, 1.82) is 0 Å². The van der Waals surface area contributed by atoms with E-state index < -0.39 is 0 Å². The second-order valence-corrected chi connectivity index (χ2v) is 7.06. The van der Waals surface area contributed by atoms with Gasteiger partial charge in [-0.1, -0.05) is 0 Å². The second kappa shape index (κ2) is 8.61. The molecule has 1 N–H and O–H groups in total. The molecule has 1 saturated heterocycles. The third-order valence-corrected chi connectivity index (χ3v) is 5.14. The first-order valence-electron chi connectivity index (χ1n) is 9.86. The average Bonchev–Trinajstić information content (AvgIpc) is 3.28. The molecule has 1 fully saturated rings. The van der Waals surface area contributed by atoms with Crippen LogP contribution >= 0.6 is 0 Å². The zero-order chi connectivity index (χ0) is 20.2. The van der Waals surface area contributed by atoms with Crippen molar-refractivity contribution in [2.45, 2.75) is 12.8 Å². The van der Waals surface area contributed by atoms with Crippen LogP contribution in [0.3, 0.4) is 0 Å². The number of anilines is 1. The number of fused-ring (bicyclic) bond motifs is 1. The lowest BCUT2D eigenvalue weighted by molar-refractivity contribution is 0.306. The molecular formula is C22H25FN4O2. The van der Waals surface area contributed by atoms with Crippen LogP contribution in [-0.2, 0) is 0 Å². The highest BCUT2D eigenvalue weighted by Gasteiger charge is 2.19. The number of likely N-dealkylation sites (N-methyl/N-ethyl adjacent to an activating group) is 1. The van der Waals surface area contributed by atoms with Crippen molar-refractivity contribution in [2.24, 2.45) is 0 Å². The Morgan fingerprint density at radius 3 is 2.69 bits per heavy atom. The molecule has 2 aromatic heterocycles. The lowest BCUT2D eigenvalue weighted by Crippen LogP contribution is -2.18. The summed E-state index contributed by atoms with van der Waals surface area (Å²) in [4.78, 5) is 11.5. The molecule has 3 heterocycles. The molecule has 29 heavy (non-hydrogen) atoms. The maximum Gasteiger partial charge on any atom is 0.213 e. The number of methoxy groups -OCH3 is 1. The van der Waals surface area contributed by atoms with Gasteiger partial charge in [0.2, 0.25) is 5.88 Å². The maximum absolute atomic E-state index is 14.4. The predicted octanol–water partition coefficient (Wildman–Crippen LogP) is 3.64. The molecule has 0 spiro atoms. The first-order chi connectivity index (χ1) is 14.2. The minimum absolute atomic E-state index is 0.195. The normalized spacial score (nSPS) is 13.8. The highest BCUT2D eigenvalue weighted by atomic mass is 19.1. The van der Waals surface area contributed by atoms with Crippen molar-refractivity contribution < 1.29 is 13.9 Å². The molecule has 7 heteroatoms. The zero-order valence-electron chi connectivity index (χ0n) is 16.7. The van der Waals surface area contributed by atoms with Gasteiger partial charge >= 0.3 is 0 Å². The summed E-state index contributed by atoms with van der Waals surface area (Å²) in [5.41, 5.74) is 3.38. The van der Waals surface area contributed by atoms with Gasteiger partial charge in [-0.25, -0.2) is 14.4 Å². The van der Waals surface area contributed by atoms with E-state index in [0.717, 1.165) is 54.8 Å². The van der Waals surface area contributed by atoms with E-state index in [-0.39, 0.29) is 11.6 Å². The van der Waals surface area contributed by atoms with Crippen LogP contribution in [0.25, 0.3) is 22.2 Å². The Hall–Kier alpha value is -2.93. The fourth-order valence-electron chi connectivity index (χ4n) is 3.61. The van der Waals surface area contributed by atoms with Crippen LogP contribution in [0.5, 0.6) is 11.6 Å². The van der Waals surface area contributed by atoms with Gasteiger partial charge in [0.25, 0.3) is 0 Å². The van der Waals surface area contributed by atoms with E-state index in [1.54, 1.807) is 12.3 Å². The van der Waals surface area contributed by atoms with Crippen molar-refractivity contribution in [1.82, 2.24) is 15.3 Å². The molecule has 0 unspecified atom stereocenters. The van der Waals surface area contributed by atoms with Crippen LogP contribution in [0.2, 0.25) is 0 Å². The first kappa shape index (κ1) is 19.4. The third-order valence-electron chi connectivity index (χ3n) is 5.14. The number of hydrogen-bond acceptors (Lipinski definition) is 6. The van der Waals surface area contributed by atoms with Crippen molar-refractivity contribution in [2.75, 3.05) is 45.3 Å². The number of ether oxygens (including phenoxy) is 2. The summed E-state index contributed by atoms with van der Waals surface area (Å²) in [6, 6.07) is 9.01. The molecule has 1 aromatic carbocycles. The van der Waals surface area contributed by atoms with Crippen molar-refractivity contribution in [3.05, 3.63) is 42.3 Å². The highest BCUT2D eigenvalue weighted by Crippen LogP contribution is 2.35. The zero-order valence-corrected chi connectivity index (χ0v) is 16.7. The molecule has 0 bridgehead atoms. The smallest absolute Gasteiger partial charge is 0.213 e. The van der Waals surface area contributed by atoms with Gasteiger partial charge in [-0.15, -0.1) is 0 Å². The molecule has 0 saturated carbocycles. The van der Waals surface area contributed by atoms with Crippen molar-refractivity contribution in [3.8, 4) is 22.9 Å². The summed E-state index contributed by atoms with van der Waals surface area (Å²) < 4.78 is 25.1. The minimum atomic E-state index is -0.375. The molecule has 3 aromatic rings. The largest absolute Gasteiger partial charge is 0.494 e. The van der Waals surface area contributed by atoms with E-state index in [1.165, 1.54) is 13.2 Å². The van der Waals surface area contributed by atoms with E-state index in [0.29, 0.717) is 18.0 Å². The summed E-state index contributed by atoms with van der Waals surface area (Å²) in [7, 11) is 3.34. The maximum atomic E-state index is 14.4. The van der Waals surface area contributed by atoms with Crippen LogP contribution in [-0.4, -0.2) is 50.4 Å². The number of pyridine rings is 2. The number of rotatable bonds is 7. The van der Waals surface area contributed by atoms with Gasteiger partial charge in [0.15, 0.2) is 11.6 Å². The molecule has 6 nitrogen and oxygen atoms in total. The van der Waals surface area contributed by atoms with Crippen LogP contribution in [0, 0.1) is 5.82 Å². The number of benzene rings is 1. The Balaban J connectivity index is 1.74. The summed E-state index contributed by atoms with van der Waals surface area (Å²) in [6.45, 7) is 3.24. The molecule has 0 aliphatic carbocycles. The lowest BCUT2D eigenvalue weighted by atomic mass is 10.1. The average molecular weight is 396 g/mol. The van der Waals surface area contributed by atoms with Crippen LogP contribution in [0.1, 0.15) is 12.8 Å². The molecule has 0 atom stereocenters. The van der Waals surface area contributed by atoms with Crippen LogP contribution < -0.4 is 19.7 Å². The summed E-state index contributed by atoms with van der Waals surface area (Å²) >= 11 is 0. The van der Waals surface area contributed by atoms with Crippen LogP contribution in [0.15, 0.2) is 36.5 Å². The van der Waals surface area contributed by atoms with Gasteiger partial charge in [0.1, 0.15) is 6.61 Å². The van der Waals surface area contributed by atoms with Gasteiger partial charge in [-0.05, 0) is 38.1 Å². The Bertz CT molecular complexity index is 988. The minimum Gasteiger partial charge on any atom is -0.494 e. The predicted molar refractivity (Wildman–Crippen MR) is 112 cm³/mol. The monoisotopic (exact) mass is 396 g/mol. The Morgan fingerprint density at radius 1 is 1.17 bits per heavy atom. The van der Waals surface area contributed by atoms with E-state index in [1.807, 2.05) is 25.2 Å². The van der Waals surface area contributed by atoms with Gasteiger partial charge < -0.3 is 19.7 Å². The van der Waals surface area contributed by atoms with Crippen molar-refractivity contribution in [3.63, 3.8) is 0 Å². The molecule has 0 radical (unpaired) electrons. The fraction of sp³-hybridized carbons (Fsp3) is 0.364. The molecule has 1 aliphatic heterocycles. The molecule has 152 valence electrons. The Labute approximate surface area is 169 Å². The topological polar surface area (TPSA) is 59.5 Å². The number of nitrogens with zero attached hydrogens (tertiary/aromatic N) is 3. The lowest BCUT2D eigenvalue weighted by Gasteiger charge is -2.21. The molecule has 1 aliphatic rings. The fourth-order valence-corrected chi connectivity index (χ4v) is 3.61. The third kappa shape index (κ3) is 4.10. The number of aromatic nitrogens is 2. The first-order valence-corrected chi connectivity index (χ1v) is 9.86. The SMILES string of the molecule is CNCCOc1ccc(-c2cc(N3CCCC3)c3cc(F)c(OC)cc3n2)cn1. The van der Waals surface area contributed by atoms with E-state index >= 15 is 0 Å². The molecule has 4 rings (SSSR count). The summed E-state index contributed by atoms with van der Waals surface area (Å²) in [5, 5.41) is 3.83. The summed E-state index contributed by atoms with van der Waals surface area (Å²) in [6.07, 6.45) is 4.04. The van der Waals surface area contributed by atoms with Gasteiger partial charge in [0, 0.05) is 54.6 Å². The Morgan fingerprint density at radius 2 is 2.00 bits per heavy atom. The quantitative estimate of drug-likeness (QED) is 0.616. The van der Waals surface area contributed by atoms with Gasteiger partial charge in [-0.2, -0.15) is 0 Å². The standard InChI is InChI=1S/C22H25FN4O2/c1-24-7-10-29-22-6-5-15(14-25-22)18-12-20(27-8-3-4-9-27)16-11-17(23)21(28-2)13-19(16)26-18/h5-6,11-14,24H,3-4,7-10H2,1-2H3. The van der Waals surface area contributed by atoms with E-state index in [9.17, 15) is 4.39 Å². The highest BCUT2D eigenvalue weighted by molar-refractivity contribution is 5.95. The molecular weight excluding hydrogens is 371 g/mol. The van der Waals surface area contributed by atoms with Gasteiger partial charge in [0.05, 0.1) is 18.3 Å². The summed E-state index contributed by atoms with van der Waals surface area (Å²) in [5.74, 6) is 0.397. The number of halogens is 1. The van der Waals surface area contributed by atoms with E-state index in [2.05, 4.69) is 15.2 Å². The van der Waals surface area contributed by atoms with Crippen LogP contribution in [0.4, 0.5) is 10.1 Å². The van der Waals surface area contributed by atoms with Gasteiger partial charge in [-0.3, -0.25) is 0 Å². The molecule has 0 amide bonds.